The molecule has 0 atom stereocenters. The van der Waals surface area contributed by atoms with E-state index in [2.05, 4.69) is 0 Å². The monoisotopic (exact) mass is 352 g/mol. The quantitative estimate of drug-likeness (QED) is 0.781. The van der Waals surface area contributed by atoms with Crippen LogP contribution in [0.25, 0.3) is 0 Å². The number of hydrogen-bond donors (Lipinski definition) is 0. The summed E-state index contributed by atoms with van der Waals surface area (Å²) in [5.74, 6) is -1.62. The first-order chi connectivity index (χ1) is 11.4. The number of imide groups is 1. The first-order valence-corrected chi connectivity index (χ1v) is 7.75. The van der Waals surface area contributed by atoms with Crippen LogP contribution in [-0.2, 0) is 9.59 Å². The molecule has 0 bridgehead atoms. The van der Waals surface area contributed by atoms with Crippen LogP contribution in [0.3, 0.4) is 0 Å². The van der Waals surface area contributed by atoms with Gasteiger partial charge in [0.2, 0.25) is 0 Å². The molecule has 8 heteroatoms. The third-order valence-corrected chi connectivity index (χ3v) is 4.03. The molecule has 6 nitrogen and oxygen atoms in total. The number of carbonyl (C=O) groups is 3. The van der Waals surface area contributed by atoms with Crippen LogP contribution in [0.5, 0.6) is 5.75 Å². The number of fused-ring (bicyclic) bond motifs is 1. The smallest absolute Gasteiger partial charge is 0.336 e. The average molecular weight is 353 g/mol. The van der Waals surface area contributed by atoms with Gasteiger partial charge >= 0.3 is 6.03 Å². The predicted molar refractivity (Wildman–Crippen MR) is 84.5 cm³/mol. The van der Waals surface area contributed by atoms with Crippen LogP contribution in [0.2, 0.25) is 5.02 Å². The molecule has 0 N–H and O–H groups in total. The van der Waals surface area contributed by atoms with Gasteiger partial charge in [0.1, 0.15) is 23.9 Å². The number of Topliss-reactive ketones (excluding diaryl/α,β-unsaturated/α-hetero) is 1. The Hall–Kier alpha value is -2.41. The van der Waals surface area contributed by atoms with Crippen molar-refractivity contribution < 1.29 is 23.5 Å². The summed E-state index contributed by atoms with van der Waals surface area (Å²) in [6, 6.07) is 1.51. The Labute approximate surface area is 142 Å². The third-order valence-electron chi connectivity index (χ3n) is 3.73. The molecule has 2 aliphatic heterocycles. The van der Waals surface area contributed by atoms with Crippen LogP contribution in [0.4, 0.5) is 14.9 Å². The first kappa shape index (κ1) is 16.4. The Kier molecular flexibility index (Phi) is 4.28. The number of anilines is 1. The predicted octanol–water partition coefficient (Wildman–Crippen LogP) is 2.89. The number of halogens is 2. The zero-order valence-corrected chi connectivity index (χ0v) is 13.6. The lowest BCUT2D eigenvalue weighted by atomic mass is 10.2. The number of benzene rings is 1. The van der Waals surface area contributed by atoms with Gasteiger partial charge in [0, 0.05) is 12.6 Å². The lowest BCUT2D eigenvalue weighted by Gasteiger charge is -2.20. The van der Waals surface area contributed by atoms with E-state index in [9.17, 15) is 18.8 Å². The molecule has 1 saturated heterocycles. The van der Waals surface area contributed by atoms with Gasteiger partial charge in [-0.2, -0.15) is 0 Å². The van der Waals surface area contributed by atoms with Gasteiger partial charge in [0.05, 0.1) is 10.7 Å². The number of nitrogens with zero attached hydrogens (tertiary/aromatic N) is 2. The molecule has 3 rings (SSSR count). The molecule has 126 valence electrons. The van der Waals surface area contributed by atoms with Gasteiger partial charge in [-0.05, 0) is 25.8 Å². The number of hydrogen-bond acceptors (Lipinski definition) is 4. The second kappa shape index (κ2) is 6.24. The third kappa shape index (κ3) is 2.75. The maximum Gasteiger partial charge on any atom is 0.336 e. The molecular formula is C16H14ClFN2O4. The Balaban J connectivity index is 1.99. The van der Waals surface area contributed by atoms with Crippen molar-refractivity contribution in [2.45, 2.75) is 19.8 Å². The highest BCUT2D eigenvalue weighted by Gasteiger charge is 2.43. The molecule has 1 aromatic rings. The maximum absolute atomic E-state index is 14.3. The minimum absolute atomic E-state index is 0.0303. The van der Waals surface area contributed by atoms with E-state index in [4.69, 9.17) is 16.3 Å². The molecule has 1 fully saturated rings. The molecule has 3 amide bonds. The van der Waals surface area contributed by atoms with Crippen molar-refractivity contribution in [2.75, 3.05) is 18.1 Å². The number of allylic oxidation sites excluding steroid dienone is 1. The lowest BCUT2D eigenvalue weighted by molar-refractivity contribution is -0.119. The van der Waals surface area contributed by atoms with E-state index in [0.29, 0.717) is 13.0 Å². The number of ether oxygens (including phenoxy) is 1. The molecule has 0 saturated carbocycles. The van der Waals surface area contributed by atoms with Gasteiger partial charge in [0.15, 0.2) is 5.78 Å². The van der Waals surface area contributed by atoms with E-state index in [1.54, 1.807) is 6.08 Å². The van der Waals surface area contributed by atoms with Crippen molar-refractivity contribution >= 4 is 35.0 Å². The van der Waals surface area contributed by atoms with Crippen LogP contribution in [0.15, 0.2) is 23.9 Å². The normalized spacial score (nSPS) is 17.0. The second-order valence-electron chi connectivity index (χ2n) is 5.53. The molecule has 0 aromatic heterocycles. The highest BCUT2D eigenvalue weighted by molar-refractivity contribution is 6.32. The summed E-state index contributed by atoms with van der Waals surface area (Å²) in [5.41, 5.74) is 0.00931. The molecule has 1 aromatic carbocycles. The van der Waals surface area contributed by atoms with Gasteiger partial charge < -0.3 is 4.74 Å². The van der Waals surface area contributed by atoms with Crippen molar-refractivity contribution in [3.8, 4) is 5.75 Å². The molecule has 0 aliphatic carbocycles. The van der Waals surface area contributed by atoms with Crippen LogP contribution in [-0.4, -0.2) is 35.8 Å². The van der Waals surface area contributed by atoms with E-state index in [-0.39, 0.29) is 34.5 Å². The number of rotatable bonds is 4. The number of carbonyl (C=O) groups excluding carboxylic acids is 3. The van der Waals surface area contributed by atoms with E-state index in [0.717, 1.165) is 23.5 Å². The minimum atomic E-state index is -0.822. The van der Waals surface area contributed by atoms with Crippen LogP contribution < -0.4 is 9.64 Å². The Morgan fingerprint density at radius 1 is 1.38 bits per heavy atom. The zero-order chi connectivity index (χ0) is 17.4. The summed E-state index contributed by atoms with van der Waals surface area (Å²) in [7, 11) is 0. The van der Waals surface area contributed by atoms with Gasteiger partial charge in [-0.3, -0.25) is 14.5 Å². The molecule has 0 spiro atoms. The average Bonchev–Trinajstić information content (AvgIpc) is 2.79. The number of amides is 3. The molecule has 0 radical (unpaired) electrons. The standard InChI is InChI=1S/C16H14ClFN2O4/c1-9(21)8-24-14-7-13(11(18)6-10(14)17)20-15(22)12-4-2-3-5-19(12)16(20)23/h4,6-7H,2-3,5,8H2,1H3. The second-order valence-corrected chi connectivity index (χ2v) is 5.94. The van der Waals surface area contributed by atoms with Crippen molar-refractivity contribution in [3.05, 3.63) is 34.7 Å². The topological polar surface area (TPSA) is 66.9 Å². The maximum atomic E-state index is 14.3. The molecule has 24 heavy (non-hydrogen) atoms. The Morgan fingerprint density at radius 3 is 2.79 bits per heavy atom. The molecule has 2 aliphatic rings. The van der Waals surface area contributed by atoms with Crippen LogP contribution in [0, 0.1) is 5.82 Å². The fourth-order valence-electron chi connectivity index (χ4n) is 2.63. The Bertz CT molecular complexity index is 778. The SMILES string of the molecule is CC(=O)COc1cc(N2C(=O)C3=CCCCN3C2=O)c(F)cc1Cl. The first-order valence-electron chi connectivity index (χ1n) is 7.37. The molecule has 0 unspecified atom stereocenters. The molecule has 2 heterocycles. The largest absolute Gasteiger partial charge is 0.484 e. The Morgan fingerprint density at radius 2 is 2.12 bits per heavy atom. The van der Waals surface area contributed by atoms with Crippen LogP contribution in [0.1, 0.15) is 19.8 Å². The lowest BCUT2D eigenvalue weighted by Crippen LogP contribution is -2.34. The van der Waals surface area contributed by atoms with E-state index < -0.39 is 17.8 Å². The summed E-state index contributed by atoms with van der Waals surface area (Å²) in [6.07, 6.45) is 3.10. The number of ketones is 1. The van der Waals surface area contributed by atoms with Gasteiger partial charge in [-0.1, -0.05) is 17.7 Å². The summed E-state index contributed by atoms with van der Waals surface area (Å²) < 4.78 is 19.5. The van der Waals surface area contributed by atoms with E-state index in [1.807, 2.05) is 0 Å². The summed E-state index contributed by atoms with van der Waals surface area (Å²) in [5, 5.41) is -0.0477. The van der Waals surface area contributed by atoms with Crippen molar-refractivity contribution in [2.24, 2.45) is 0 Å². The fourth-order valence-corrected chi connectivity index (χ4v) is 2.84. The summed E-state index contributed by atoms with van der Waals surface area (Å²) in [4.78, 5) is 38.1. The zero-order valence-electron chi connectivity index (χ0n) is 12.8. The van der Waals surface area contributed by atoms with Gasteiger partial charge in [0.25, 0.3) is 5.91 Å². The van der Waals surface area contributed by atoms with Gasteiger partial charge in [-0.15, -0.1) is 0 Å². The number of urea groups is 1. The fraction of sp³-hybridized carbons (Fsp3) is 0.312. The summed E-state index contributed by atoms with van der Waals surface area (Å²) >= 11 is 5.90. The van der Waals surface area contributed by atoms with E-state index in [1.165, 1.54) is 11.8 Å². The van der Waals surface area contributed by atoms with Crippen molar-refractivity contribution in [1.29, 1.82) is 0 Å². The highest BCUT2D eigenvalue weighted by Crippen LogP contribution is 2.37. The van der Waals surface area contributed by atoms with Crippen molar-refractivity contribution in [1.82, 2.24) is 4.90 Å². The minimum Gasteiger partial charge on any atom is -0.484 e. The summed E-state index contributed by atoms with van der Waals surface area (Å²) in [6.45, 7) is 1.50. The highest BCUT2D eigenvalue weighted by atomic mass is 35.5. The van der Waals surface area contributed by atoms with Crippen molar-refractivity contribution in [3.63, 3.8) is 0 Å². The van der Waals surface area contributed by atoms with Gasteiger partial charge in [-0.25, -0.2) is 14.1 Å². The molecular weight excluding hydrogens is 339 g/mol. The van der Waals surface area contributed by atoms with E-state index >= 15 is 0 Å². The van der Waals surface area contributed by atoms with Crippen LogP contribution >= 0.6 is 11.6 Å².